The molecule has 2 heteroatoms. The van der Waals surface area contributed by atoms with Gasteiger partial charge in [-0.05, 0) is 42.9 Å². The molecule has 96 valence electrons. The van der Waals surface area contributed by atoms with Crippen molar-refractivity contribution in [3.05, 3.63) is 34.3 Å². The van der Waals surface area contributed by atoms with E-state index in [4.69, 9.17) is 0 Å². The molecule has 1 aromatic carbocycles. The zero-order valence-electron chi connectivity index (χ0n) is 10.8. The van der Waals surface area contributed by atoms with Gasteiger partial charge in [0.25, 0.3) is 0 Å². The van der Waals surface area contributed by atoms with E-state index in [1.807, 2.05) is 0 Å². The van der Waals surface area contributed by atoms with Gasteiger partial charge in [-0.15, -0.1) is 0 Å². The highest BCUT2D eigenvalue weighted by molar-refractivity contribution is 9.10. The molecule has 1 rings (SSSR count). The molecule has 0 nitrogen and oxygen atoms in total. The molecule has 1 aromatic rings. The molecule has 0 saturated heterocycles. The summed E-state index contributed by atoms with van der Waals surface area (Å²) in [6.45, 7) is 4.56. The van der Waals surface area contributed by atoms with Crippen LogP contribution in [-0.4, -0.2) is 4.83 Å². The van der Waals surface area contributed by atoms with Crippen molar-refractivity contribution in [2.45, 2.75) is 50.8 Å². The zero-order valence-corrected chi connectivity index (χ0v) is 13.9. The Labute approximate surface area is 122 Å². The van der Waals surface area contributed by atoms with E-state index in [0.717, 1.165) is 16.8 Å². The molecule has 1 unspecified atom stereocenters. The molecule has 0 aliphatic heterocycles. The molecule has 0 N–H and O–H groups in total. The summed E-state index contributed by atoms with van der Waals surface area (Å²) in [6.07, 6.45) is 6.37. The quantitative estimate of drug-likeness (QED) is 0.524. The average Bonchev–Trinajstić information content (AvgIpc) is 2.32. The summed E-state index contributed by atoms with van der Waals surface area (Å²) in [5.41, 5.74) is 1.42. The first kappa shape index (κ1) is 15.2. The summed E-state index contributed by atoms with van der Waals surface area (Å²) >= 11 is 7.37. The lowest BCUT2D eigenvalue weighted by molar-refractivity contribution is 0.427. The summed E-state index contributed by atoms with van der Waals surface area (Å²) in [6, 6.07) is 8.69. The molecular weight excluding hydrogens is 340 g/mol. The third-order valence-electron chi connectivity index (χ3n) is 3.17. The van der Waals surface area contributed by atoms with Crippen LogP contribution < -0.4 is 0 Å². The van der Waals surface area contributed by atoms with Crippen molar-refractivity contribution in [1.82, 2.24) is 0 Å². The van der Waals surface area contributed by atoms with E-state index in [9.17, 15) is 0 Å². The Balaban J connectivity index is 2.55. The minimum atomic E-state index is 0.614. The highest BCUT2D eigenvalue weighted by Crippen LogP contribution is 2.27. The summed E-state index contributed by atoms with van der Waals surface area (Å²) in [7, 11) is 0. The van der Waals surface area contributed by atoms with E-state index >= 15 is 0 Å². The van der Waals surface area contributed by atoms with Crippen LogP contribution in [0.15, 0.2) is 28.7 Å². The third-order valence-corrected chi connectivity index (χ3v) is 4.77. The topological polar surface area (TPSA) is 0 Å². The van der Waals surface area contributed by atoms with Crippen LogP contribution in [0.25, 0.3) is 0 Å². The minimum Gasteiger partial charge on any atom is -0.0884 e. The van der Waals surface area contributed by atoms with E-state index in [-0.39, 0.29) is 0 Å². The highest BCUT2D eigenvalue weighted by Gasteiger charge is 2.17. The van der Waals surface area contributed by atoms with Gasteiger partial charge in [-0.25, -0.2) is 0 Å². The van der Waals surface area contributed by atoms with Crippen molar-refractivity contribution in [2.75, 3.05) is 0 Å². The number of hydrogen-bond acceptors (Lipinski definition) is 0. The molecule has 1 atom stereocenters. The van der Waals surface area contributed by atoms with Crippen molar-refractivity contribution in [2.24, 2.45) is 5.92 Å². The first-order valence-electron chi connectivity index (χ1n) is 6.55. The molecule has 0 radical (unpaired) electrons. The van der Waals surface area contributed by atoms with Gasteiger partial charge >= 0.3 is 0 Å². The smallest absolute Gasteiger partial charge is 0.0214 e. The number of halogens is 2. The molecule has 0 aliphatic rings. The summed E-state index contributed by atoms with van der Waals surface area (Å²) < 4.78 is 1.16. The number of rotatable bonds is 7. The second kappa shape index (κ2) is 8.31. The minimum absolute atomic E-state index is 0.614. The van der Waals surface area contributed by atoms with Crippen LogP contribution >= 0.6 is 31.9 Å². The van der Waals surface area contributed by atoms with Gasteiger partial charge in [-0.1, -0.05) is 70.7 Å². The van der Waals surface area contributed by atoms with E-state index in [0.29, 0.717) is 4.83 Å². The van der Waals surface area contributed by atoms with Gasteiger partial charge in [0.1, 0.15) is 0 Å². The molecule has 0 bridgehead atoms. The maximum absolute atomic E-state index is 3.89. The van der Waals surface area contributed by atoms with Crippen LogP contribution in [0.4, 0.5) is 0 Å². The van der Waals surface area contributed by atoms with E-state index < -0.39 is 0 Å². The van der Waals surface area contributed by atoms with Gasteiger partial charge in [-0.3, -0.25) is 0 Å². The van der Waals surface area contributed by atoms with Gasteiger partial charge in [0.2, 0.25) is 0 Å². The number of alkyl halides is 1. The Hall–Kier alpha value is 0.180. The molecular formula is C15H22Br2. The van der Waals surface area contributed by atoms with Crippen LogP contribution in [0.2, 0.25) is 0 Å². The fourth-order valence-electron chi connectivity index (χ4n) is 2.26. The first-order valence-corrected chi connectivity index (χ1v) is 8.26. The van der Waals surface area contributed by atoms with E-state index in [2.05, 4.69) is 70.0 Å². The van der Waals surface area contributed by atoms with Crippen molar-refractivity contribution in [1.29, 1.82) is 0 Å². The SMILES string of the molecule is CCCC(CCC)C(Br)Cc1ccc(Br)cc1. The normalized spacial score (nSPS) is 13.0. The van der Waals surface area contributed by atoms with Crippen LogP contribution in [0.1, 0.15) is 45.1 Å². The Morgan fingerprint density at radius 1 is 1.00 bits per heavy atom. The molecule has 0 heterocycles. The van der Waals surface area contributed by atoms with Crippen LogP contribution in [-0.2, 0) is 6.42 Å². The lowest BCUT2D eigenvalue weighted by Crippen LogP contribution is -2.17. The second-order valence-electron chi connectivity index (χ2n) is 4.68. The van der Waals surface area contributed by atoms with E-state index in [1.165, 1.54) is 31.2 Å². The highest BCUT2D eigenvalue weighted by atomic mass is 79.9. The molecule has 0 amide bonds. The standard InChI is InChI=1S/C15H22Br2/c1-3-5-13(6-4-2)15(17)11-12-7-9-14(16)10-8-12/h7-10,13,15H,3-6,11H2,1-2H3. The number of hydrogen-bond donors (Lipinski definition) is 0. The maximum atomic E-state index is 3.89. The lowest BCUT2D eigenvalue weighted by atomic mass is 9.91. The number of benzene rings is 1. The van der Waals surface area contributed by atoms with Gasteiger partial charge in [0, 0.05) is 9.30 Å². The fraction of sp³-hybridized carbons (Fsp3) is 0.600. The predicted octanol–water partition coefficient (Wildman–Crippen LogP) is 5.97. The Kier molecular flexibility index (Phi) is 7.45. The van der Waals surface area contributed by atoms with Crippen LogP contribution in [0, 0.1) is 5.92 Å². The predicted molar refractivity (Wildman–Crippen MR) is 83.9 cm³/mol. The maximum Gasteiger partial charge on any atom is 0.0214 e. The van der Waals surface area contributed by atoms with Gasteiger partial charge in [0.05, 0.1) is 0 Å². The van der Waals surface area contributed by atoms with Crippen molar-refractivity contribution in [3.63, 3.8) is 0 Å². The van der Waals surface area contributed by atoms with Crippen molar-refractivity contribution in [3.8, 4) is 0 Å². The summed E-state index contributed by atoms with van der Waals surface area (Å²) in [4.78, 5) is 0.614. The summed E-state index contributed by atoms with van der Waals surface area (Å²) in [5, 5.41) is 0. The van der Waals surface area contributed by atoms with Gasteiger partial charge in [0.15, 0.2) is 0 Å². The molecule has 0 aromatic heterocycles. The molecule has 0 fully saturated rings. The third kappa shape index (κ3) is 5.56. The second-order valence-corrected chi connectivity index (χ2v) is 6.78. The Morgan fingerprint density at radius 2 is 1.53 bits per heavy atom. The van der Waals surface area contributed by atoms with Gasteiger partial charge < -0.3 is 0 Å². The lowest BCUT2D eigenvalue weighted by Gasteiger charge is -2.21. The zero-order chi connectivity index (χ0) is 12.7. The van der Waals surface area contributed by atoms with Crippen LogP contribution in [0.5, 0.6) is 0 Å². The average molecular weight is 362 g/mol. The Morgan fingerprint density at radius 3 is 2.00 bits per heavy atom. The summed E-state index contributed by atoms with van der Waals surface area (Å²) in [5.74, 6) is 0.814. The fourth-order valence-corrected chi connectivity index (χ4v) is 3.43. The van der Waals surface area contributed by atoms with Crippen LogP contribution in [0.3, 0.4) is 0 Å². The molecule has 0 spiro atoms. The van der Waals surface area contributed by atoms with E-state index in [1.54, 1.807) is 0 Å². The largest absolute Gasteiger partial charge is 0.0884 e. The van der Waals surface area contributed by atoms with Gasteiger partial charge in [-0.2, -0.15) is 0 Å². The van der Waals surface area contributed by atoms with Crippen molar-refractivity contribution < 1.29 is 0 Å². The molecule has 0 saturated carbocycles. The first-order chi connectivity index (χ1) is 8.17. The van der Waals surface area contributed by atoms with Crippen molar-refractivity contribution >= 4 is 31.9 Å². The Bertz CT molecular complexity index is 299. The monoisotopic (exact) mass is 360 g/mol. The molecule has 0 aliphatic carbocycles. The molecule has 17 heavy (non-hydrogen) atoms.